The van der Waals surface area contributed by atoms with Gasteiger partial charge in [-0.3, -0.25) is 0 Å². The van der Waals surface area contributed by atoms with Gasteiger partial charge in [0.15, 0.2) is 0 Å². The van der Waals surface area contributed by atoms with Crippen LogP contribution < -0.4 is 0 Å². The van der Waals surface area contributed by atoms with Crippen LogP contribution in [0.15, 0.2) is 30.3 Å². The van der Waals surface area contributed by atoms with E-state index in [1.165, 1.54) is 0 Å². The number of hydrogen-bond donors (Lipinski definition) is 0. The molecule has 0 radical (unpaired) electrons. The Kier molecular flexibility index (Phi) is 3.75. The van der Waals surface area contributed by atoms with Gasteiger partial charge in [0.1, 0.15) is 29.1 Å². The summed E-state index contributed by atoms with van der Waals surface area (Å²) in [6, 6.07) is 3.21. The highest BCUT2D eigenvalue weighted by Gasteiger charge is 2.24. The van der Waals surface area contributed by atoms with Crippen LogP contribution in [-0.4, -0.2) is 0 Å². The first kappa shape index (κ1) is 13.8. The molecule has 0 nitrogen and oxygen atoms in total. The Labute approximate surface area is 110 Å². The van der Waals surface area contributed by atoms with Gasteiger partial charge < -0.3 is 0 Å². The van der Waals surface area contributed by atoms with E-state index in [0.29, 0.717) is 12.1 Å². The number of hydrogen-bond acceptors (Lipinski definition) is 0. The fraction of sp³-hybridized carbons (Fsp3) is 0.0769. The molecule has 0 fully saturated rings. The van der Waals surface area contributed by atoms with Crippen LogP contribution in [0.4, 0.5) is 22.0 Å². The SMILES string of the molecule is Fc1cc(F)c(C(Cl)c2cc(F)ccc2F)c(F)c1. The second kappa shape index (κ2) is 5.17. The lowest BCUT2D eigenvalue weighted by Gasteiger charge is -2.13. The van der Waals surface area contributed by atoms with Crippen molar-refractivity contribution in [2.75, 3.05) is 0 Å². The standard InChI is InChI=1S/C13H6ClF5/c14-13(8-3-6(15)1-2-9(8)17)12-10(18)4-7(16)5-11(12)19/h1-5,13H. The molecular weight excluding hydrogens is 287 g/mol. The summed E-state index contributed by atoms with van der Waals surface area (Å²) >= 11 is 5.76. The molecule has 0 aliphatic carbocycles. The van der Waals surface area contributed by atoms with Gasteiger partial charge in [0, 0.05) is 23.3 Å². The Morgan fingerprint density at radius 2 is 1.32 bits per heavy atom. The van der Waals surface area contributed by atoms with Crippen molar-refractivity contribution in [1.29, 1.82) is 0 Å². The third-order valence-corrected chi connectivity index (χ3v) is 2.98. The maximum Gasteiger partial charge on any atom is 0.134 e. The van der Waals surface area contributed by atoms with E-state index in [2.05, 4.69) is 0 Å². The van der Waals surface area contributed by atoms with Gasteiger partial charge in [-0.05, 0) is 18.2 Å². The summed E-state index contributed by atoms with van der Waals surface area (Å²) in [5.74, 6) is -5.36. The van der Waals surface area contributed by atoms with Crippen molar-refractivity contribution in [2.24, 2.45) is 0 Å². The smallest absolute Gasteiger partial charge is 0.134 e. The number of halogens is 6. The Balaban J connectivity index is 2.56. The summed E-state index contributed by atoms with van der Waals surface area (Å²) in [6.45, 7) is 0. The highest BCUT2D eigenvalue weighted by atomic mass is 35.5. The highest BCUT2D eigenvalue weighted by Crippen LogP contribution is 2.34. The van der Waals surface area contributed by atoms with Gasteiger partial charge in [0.2, 0.25) is 0 Å². The van der Waals surface area contributed by atoms with Crippen LogP contribution in [0.25, 0.3) is 0 Å². The van der Waals surface area contributed by atoms with Crippen LogP contribution in [0.1, 0.15) is 16.5 Å². The molecule has 2 rings (SSSR count). The monoisotopic (exact) mass is 292 g/mol. The van der Waals surface area contributed by atoms with Crippen LogP contribution in [0.2, 0.25) is 0 Å². The average molecular weight is 293 g/mol. The van der Waals surface area contributed by atoms with E-state index < -0.39 is 45.6 Å². The second-order valence-corrected chi connectivity index (χ2v) is 4.25. The van der Waals surface area contributed by atoms with Gasteiger partial charge in [0.05, 0.1) is 5.38 Å². The predicted molar refractivity (Wildman–Crippen MR) is 60.4 cm³/mol. The number of benzene rings is 2. The van der Waals surface area contributed by atoms with Crippen LogP contribution in [0, 0.1) is 29.1 Å². The van der Waals surface area contributed by atoms with Crippen molar-refractivity contribution in [2.45, 2.75) is 5.38 Å². The van der Waals surface area contributed by atoms with E-state index >= 15 is 0 Å². The normalized spacial score (nSPS) is 12.5. The topological polar surface area (TPSA) is 0 Å². The van der Waals surface area contributed by atoms with E-state index in [1.807, 2.05) is 0 Å². The Hall–Kier alpha value is -1.62. The molecule has 0 saturated carbocycles. The van der Waals surface area contributed by atoms with Crippen molar-refractivity contribution in [3.05, 3.63) is 70.5 Å². The van der Waals surface area contributed by atoms with Crippen LogP contribution in [-0.2, 0) is 0 Å². The molecule has 0 aromatic heterocycles. The first-order valence-electron chi connectivity index (χ1n) is 5.13. The van der Waals surface area contributed by atoms with Gasteiger partial charge in [-0.2, -0.15) is 0 Å². The van der Waals surface area contributed by atoms with Gasteiger partial charge in [-0.1, -0.05) is 0 Å². The molecule has 0 saturated heterocycles. The molecule has 2 aromatic carbocycles. The molecule has 0 spiro atoms. The maximum absolute atomic E-state index is 13.5. The lowest BCUT2D eigenvalue weighted by atomic mass is 10.0. The summed E-state index contributed by atoms with van der Waals surface area (Å²) < 4.78 is 66.3. The molecule has 1 atom stereocenters. The van der Waals surface area contributed by atoms with Crippen molar-refractivity contribution >= 4 is 11.6 Å². The van der Waals surface area contributed by atoms with Crippen molar-refractivity contribution in [1.82, 2.24) is 0 Å². The Morgan fingerprint density at radius 1 is 0.737 bits per heavy atom. The first-order chi connectivity index (χ1) is 8.90. The molecule has 100 valence electrons. The first-order valence-corrected chi connectivity index (χ1v) is 5.57. The van der Waals surface area contributed by atoms with Crippen LogP contribution >= 0.6 is 11.6 Å². The lowest BCUT2D eigenvalue weighted by Crippen LogP contribution is -2.04. The largest absolute Gasteiger partial charge is 0.207 e. The van der Waals surface area contributed by atoms with E-state index in [1.54, 1.807) is 0 Å². The summed E-state index contributed by atoms with van der Waals surface area (Å²) in [6.07, 6.45) is 0. The molecule has 2 aromatic rings. The predicted octanol–water partition coefficient (Wildman–Crippen LogP) is 4.71. The average Bonchev–Trinajstić information content (AvgIpc) is 2.30. The van der Waals surface area contributed by atoms with E-state index in [9.17, 15) is 22.0 Å². The Morgan fingerprint density at radius 3 is 1.89 bits per heavy atom. The van der Waals surface area contributed by atoms with Crippen molar-refractivity contribution < 1.29 is 22.0 Å². The van der Waals surface area contributed by atoms with Crippen molar-refractivity contribution in [3.63, 3.8) is 0 Å². The molecule has 0 heterocycles. The quantitative estimate of drug-likeness (QED) is 0.555. The molecule has 19 heavy (non-hydrogen) atoms. The minimum atomic E-state index is -1.60. The molecule has 0 aliphatic heterocycles. The van der Waals surface area contributed by atoms with E-state index in [0.717, 1.165) is 18.2 Å². The third kappa shape index (κ3) is 2.71. The zero-order chi connectivity index (χ0) is 14.2. The maximum atomic E-state index is 13.5. The molecule has 0 aliphatic rings. The molecule has 6 heteroatoms. The minimum Gasteiger partial charge on any atom is -0.207 e. The summed E-state index contributed by atoms with van der Waals surface area (Å²) in [5, 5.41) is -1.60. The molecular formula is C13H6ClF5. The summed E-state index contributed by atoms with van der Waals surface area (Å²) in [5.41, 5.74) is -1.15. The molecule has 0 bridgehead atoms. The molecule has 0 amide bonds. The summed E-state index contributed by atoms with van der Waals surface area (Å²) in [4.78, 5) is 0. The minimum absolute atomic E-state index is 0.422. The zero-order valence-corrected chi connectivity index (χ0v) is 9.99. The second-order valence-electron chi connectivity index (χ2n) is 3.81. The highest BCUT2D eigenvalue weighted by molar-refractivity contribution is 6.22. The fourth-order valence-corrected chi connectivity index (χ4v) is 2.04. The lowest BCUT2D eigenvalue weighted by molar-refractivity contribution is 0.522. The van der Waals surface area contributed by atoms with Crippen LogP contribution in [0.5, 0.6) is 0 Å². The number of rotatable bonds is 2. The summed E-state index contributed by atoms with van der Waals surface area (Å²) in [7, 11) is 0. The van der Waals surface area contributed by atoms with Crippen molar-refractivity contribution in [3.8, 4) is 0 Å². The molecule has 0 N–H and O–H groups in total. The Bertz CT molecular complexity index is 603. The number of alkyl halides is 1. The van der Waals surface area contributed by atoms with Gasteiger partial charge in [0.25, 0.3) is 0 Å². The fourth-order valence-electron chi connectivity index (χ4n) is 1.66. The van der Waals surface area contributed by atoms with E-state index in [4.69, 9.17) is 11.6 Å². The van der Waals surface area contributed by atoms with Crippen LogP contribution in [0.3, 0.4) is 0 Å². The third-order valence-electron chi connectivity index (χ3n) is 2.53. The van der Waals surface area contributed by atoms with Gasteiger partial charge in [-0.25, -0.2) is 22.0 Å². The van der Waals surface area contributed by atoms with E-state index in [-0.39, 0.29) is 0 Å². The zero-order valence-electron chi connectivity index (χ0n) is 9.23. The molecule has 1 unspecified atom stereocenters. The van der Waals surface area contributed by atoms with Gasteiger partial charge in [-0.15, -0.1) is 11.6 Å². The van der Waals surface area contributed by atoms with Gasteiger partial charge >= 0.3 is 0 Å².